The Morgan fingerprint density at radius 1 is 1.04 bits per heavy atom. The highest BCUT2D eigenvalue weighted by Crippen LogP contribution is 2.29. The molecule has 6 heteroatoms. The maximum absolute atomic E-state index is 12.5. The fourth-order valence-electron chi connectivity index (χ4n) is 5.20. The fraction of sp³-hybridized carbons (Fsp3) is 0.591. The molecule has 2 aliphatic heterocycles. The summed E-state index contributed by atoms with van der Waals surface area (Å²) in [4.78, 5) is 17.1. The van der Waals surface area contributed by atoms with Gasteiger partial charge in [-0.1, -0.05) is 29.5 Å². The van der Waals surface area contributed by atoms with Crippen LogP contribution in [0, 0.1) is 5.92 Å². The Morgan fingerprint density at radius 2 is 1.79 bits per heavy atom. The van der Waals surface area contributed by atoms with Gasteiger partial charge in [-0.15, -0.1) is 5.10 Å². The number of carbonyl (C=O) groups excluding carboxylic acids is 1. The first-order chi connectivity index (χ1) is 13.8. The maximum atomic E-state index is 12.5. The summed E-state index contributed by atoms with van der Waals surface area (Å²) in [5.74, 6) is 0.617. The van der Waals surface area contributed by atoms with Crippen LogP contribution >= 0.6 is 0 Å². The van der Waals surface area contributed by atoms with E-state index in [1.165, 1.54) is 43.4 Å². The van der Waals surface area contributed by atoms with Crippen molar-refractivity contribution in [3.63, 3.8) is 0 Å². The number of likely N-dealkylation sites (tertiary alicyclic amines) is 2. The Kier molecular flexibility index (Phi) is 4.89. The van der Waals surface area contributed by atoms with Crippen LogP contribution in [0.5, 0.6) is 0 Å². The Balaban J connectivity index is 1.19. The van der Waals surface area contributed by atoms with Gasteiger partial charge in [0.2, 0.25) is 0 Å². The van der Waals surface area contributed by atoms with Crippen molar-refractivity contribution in [2.24, 2.45) is 5.92 Å². The molecule has 148 valence electrons. The summed E-state index contributed by atoms with van der Waals surface area (Å²) in [5.41, 5.74) is 3.55. The topological polar surface area (TPSA) is 54.3 Å². The predicted molar refractivity (Wildman–Crippen MR) is 107 cm³/mol. The number of carbonyl (C=O) groups is 1. The maximum Gasteiger partial charge on any atom is 0.276 e. The smallest absolute Gasteiger partial charge is 0.276 e. The van der Waals surface area contributed by atoms with Gasteiger partial charge in [0.25, 0.3) is 5.91 Å². The van der Waals surface area contributed by atoms with E-state index in [1.54, 1.807) is 0 Å². The van der Waals surface area contributed by atoms with E-state index in [9.17, 15) is 4.79 Å². The molecule has 2 fully saturated rings. The first-order valence-electron chi connectivity index (χ1n) is 10.8. The molecule has 28 heavy (non-hydrogen) atoms. The van der Waals surface area contributed by atoms with Gasteiger partial charge in [-0.25, -0.2) is 0 Å². The number of nitrogens with zero attached hydrogens (tertiary/aromatic N) is 5. The van der Waals surface area contributed by atoms with Crippen molar-refractivity contribution in [2.75, 3.05) is 26.2 Å². The van der Waals surface area contributed by atoms with Gasteiger partial charge in [-0.05, 0) is 62.1 Å². The zero-order valence-electron chi connectivity index (χ0n) is 16.5. The number of aromatic nitrogens is 3. The highest BCUT2D eigenvalue weighted by atomic mass is 16.2. The zero-order chi connectivity index (χ0) is 18.9. The van der Waals surface area contributed by atoms with Crippen molar-refractivity contribution in [1.82, 2.24) is 24.8 Å². The Morgan fingerprint density at radius 3 is 2.54 bits per heavy atom. The third-order valence-corrected chi connectivity index (χ3v) is 6.69. The van der Waals surface area contributed by atoms with E-state index in [-0.39, 0.29) is 5.91 Å². The molecule has 0 saturated carbocycles. The van der Waals surface area contributed by atoms with Crippen LogP contribution in [-0.4, -0.2) is 62.9 Å². The van der Waals surface area contributed by atoms with E-state index in [1.807, 2.05) is 15.8 Å². The Hall–Kier alpha value is -2.21. The molecule has 0 bridgehead atoms. The monoisotopic (exact) mass is 379 g/mol. The third-order valence-electron chi connectivity index (χ3n) is 6.69. The predicted octanol–water partition coefficient (Wildman–Crippen LogP) is 2.39. The van der Waals surface area contributed by atoms with Gasteiger partial charge in [-0.3, -0.25) is 14.4 Å². The average Bonchev–Trinajstić information content (AvgIpc) is 3.47. The molecule has 1 unspecified atom stereocenters. The van der Waals surface area contributed by atoms with E-state index in [0.29, 0.717) is 17.7 Å². The molecule has 0 N–H and O–H groups in total. The minimum absolute atomic E-state index is 0.0396. The highest BCUT2D eigenvalue weighted by molar-refractivity contribution is 5.92. The molecule has 1 amide bonds. The van der Waals surface area contributed by atoms with Gasteiger partial charge < -0.3 is 4.90 Å². The molecule has 2 saturated heterocycles. The van der Waals surface area contributed by atoms with Crippen LogP contribution in [0.15, 0.2) is 30.5 Å². The van der Waals surface area contributed by atoms with Crippen molar-refractivity contribution in [1.29, 1.82) is 0 Å². The summed E-state index contributed by atoms with van der Waals surface area (Å²) in [6.07, 6.45) is 8.88. The summed E-state index contributed by atoms with van der Waals surface area (Å²) >= 11 is 0. The van der Waals surface area contributed by atoms with E-state index in [2.05, 4.69) is 39.5 Å². The number of piperidine rings is 1. The van der Waals surface area contributed by atoms with Gasteiger partial charge in [0, 0.05) is 32.2 Å². The van der Waals surface area contributed by atoms with Crippen LogP contribution < -0.4 is 0 Å². The van der Waals surface area contributed by atoms with Crippen LogP contribution in [-0.2, 0) is 19.4 Å². The molecule has 1 aromatic heterocycles. The van der Waals surface area contributed by atoms with E-state index < -0.39 is 0 Å². The lowest BCUT2D eigenvalue weighted by molar-refractivity contribution is 0.0787. The second-order valence-electron chi connectivity index (χ2n) is 8.66. The summed E-state index contributed by atoms with van der Waals surface area (Å²) in [7, 11) is 0. The zero-order valence-corrected chi connectivity index (χ0v) is 16.5. The molecule has 2 aromatic rings. The highest BCUT2D eigenvalue weighted by Gasteiger charge is 2.31. The number of hydrogen-bond donors (Lipinski definition) is 0. The molecule has 3 heterocycles. The van der Waals surface area contributed by atoms with Gasteiger partial charge in [0.15, 0.2) is 5.69 Å². The first kappa shape index (κ1) is 17.9. The number of benzene rings is 1. The molecular weight excluding hydrogens is 350 g/mol. The van der Waals surface area contributed by atoms with Gasteiger partial charge >= 0.3 is 0 Å². The minimum atomic E-state index is 0.0396. The number of fused-ring (bicyclic) bond motifs is 1. The lowest BCUT2D eigenvalue weighted by Crippen LogP contribution is -2.44. The normalized spacial score (nSPS) is 23.3. The van der Waals surface area contributed by atoms with Crippen molar-refractivity contribution in [3.05, 3.63) is 47.3 Å². The molecule has 6 nitrogen and oxygen atoms in total. The molecule has 1 atom stereocenters. The van der Waals surface area contributed by atoms with Gasteiger partial charge in [0.1, 0.15) is 0 Å². The molecule has 5 rings (SSSR count). The van der Waals surface area contributed by atoms with E-state index >= 15 is 0 Å². The second-order valence-corrected chi connectivity index (χ2v) is 8.66. The number of rotatable bonds is 4. The van der Waals surface area contributed by atoms with Crippen LogP contribution in [0.4, 0.5) is 0 Å². The summed E-state index contributed by atoms with van der Waals surface area (Å²) in [6, 6.07) is 9.52. The second kappa shape index (κ2) is 7.66. The number of amides is 1. The lowest BCUT2D eigenvalue weighted by Gasteiger charge is -2.36. The van der Waals surface area contributed by atoms with Crippen molar-refractivity contribution < 1.29 is 4.79 Å². The van der Waals surface area contributed by atoms with Crippen molar-refractivity contribution in [3.8, 4) is 0 Å². The molecule has 1 aromatic carbocycles. The SMILES string of the molecule is O=C(c1cn(CC2CCCN(C3Cc4ccccc4C3)C2)nn1)N1CCCC1. The molecule has 1 aliphatic carbocycles. The van der Waals surface area contributed by atoms with E-state index in [4.69, 9.17) is 0 Å². The minimum Gasteiger partial charge on any atom is -0.337 e. The quantitative estimate of drug-likeness (QED) is 0.819. The molecular formula is C22H29N5O. The standard InChI is InChI=1S/C22H29N5O/c28-22(25-9-3-4-10-25)21-16-27(24-23-21)15-17-6-5-11-26(14-17)20-12-18-7-1-2-8-19(18)13-20/h1-2,7-8,16-17,20H,3-6,9-15H2. The third kappa shape index (κ3) is 3.58. The summed E-state index contributed by atoms with van der Waals surface area (Å²) < 4.78 is 1.89. The van der Waals surface area contributed by atoms with Crippen molar-refractivity contribution in [2.45, 2.75) is 51.1 Å². The van der Waals surface area contributed by atoms with Gasteiger partial charge in [-0.2, -0.15) is 0 Å². The Bertz CT molecular complexity index is 816. The van der Waals surface area contributed by atoms with Gasteiger partial charge in [0.05, 0.1) is 6.20 Å². The molecule has 0 spiro atoms. The molecule has 3 aliphatic rings. The number of hydrogen-bond acceptors (Lipinski definition) is 4. The van der Waals surface area contributed by atoms with Crippen LogP contribution in [0.3, 0.4) is 0 Å². The summed E-state index contributed by atoms with van der Waals surface area (Å²) in [5, 5.41) is 8.42. The lowest BCUT2D eigenvalue weighted by atomic mass is 9.96. The Labute approximate surface area is 166 Å². The van der Waals surface area contributed by atoms with Crippen LogP contribution in [0.2, 0.25) is 0 Å². The average molecular weight is 380 g/mol. The van der Waals surface area contributed by atoms with Crippen molar-refractivity contribution >= 4 is 5.91 Å². The first-order valence-corrected chi connectivity index (χ1v) is 10.8. The largest absolute Gasteiger partial charge is 0.337 e. The molecule has 0 radical (unpaired) electrons. The summed E-state index contributed by atoms with van der Waals surface area (Å²) in [6.45, 7) is 4.88. The van der Waals surface area contributed by atoms with E-state index in [0.717, 1.165) is 39.0 Å². The fourth-order valence-corrected chi connectivity index (χ4v) is 5.20. The van der Waals surface area contributed by atoms with Crippen LogP contribution in [0.1, 0.15) is 47.3 Å². The van der Waals surface area contributed by atoms with Crippen LogP contribution in [0.25, 0.3) is 0 Å².